The highest BCUT2D eigenvalue weighted by Crippen LogP contribution is 2.37. The molecule has 0 atom stereocenters. The fourth-order valence-electron chi connectivity index (χ4n) is 2.31. The zero-order valence-electron chi connectivity index (χ0n) is 8.55. The maximum atomic E-state index is 2.38. The molecular formula is C14H11I. The van der Waals surface area contributed by atoms with Gasteiger partial charge in [-0.15, -0.1) is 0 Å². The molecule has 1 aliphatic rings. The van der Waals surface area contributed by atoms with E-state index in [9.17, 15) is 0 Å². The molecule has 2 aromatic carbocycles. The summed E-state index contributed by atoms with van der Waals surface area (Å²) in [5.41, 5.74) is 7.16. The van der Waals surface area contributed by atoms with Crippen LogP contribution in [0.5, 0.6) is 0 Å². The minimum absolute atomic E-state index is 1.10. The van der Waals surface area contributed by atoms with Gasteiger partial charge in [0, 0.05) is 3.57 Å². The molecule has 0 saturated carbocycles. The molecule has 0 unspecified atom stereocenters. The summed E-state index contributed by atoms with van der Waals surface area (Å²) in [5.74, 6) is 0. The monoisotopic (exact) mass is 306 g/mol. The summed E-state index contributed by atoms with van der Waals surface area (Å²) in [6, 6.07) is 13.5. The molecular weight excluding hydrogens is 295 g/mol. The van der Waals surface area contributed by atoms with E-state index >= 15 is 0 Å². The van der Waals surface area contributed by atoms with Crippen molar-refractivity contribution < 1.29 is 0 Å². The number of aryl methyl sites for hydroxylation is 1. The van der Waals surface area contributed by atoms with Gasteiger partial charge in [0.25, 0.3) is 0 Å². The van der Waals surface area contributed by atoms with Crippen molar-refractivity contribution >= 4 is 22.6 Å². The highest BCUT2D eigenvalue weighted by Gasteiger charge is 2.17. The Kier molecular flexibility index (Phi) is 2.09. The van der Waals surface area contributed by atoms with Gasteiger partial charge in [-0.25, -0.2) is 0 Å². The standard InChI is InChI=1S/C14H11I/c1-9-2-4-13-10(6-9)7-11-8-12(15)3-5-14(11)13/h2-6,8H,7H2,1H3. The minimum Gasteiger partial charge on any atom is -0.0587 e. The lowest BCUT2D eigenvalue weighted by atomic mass is 10.0. The van der Waals surface area contributed by atoms with Crippen molar-refractivity contribution in [3.8, 4) is 11.1 Å². The molecule has 0 heterocycles. The van der Waals surface area contributed by atoms with E-state index in [4.69, 9.17) is 0 Å². The quantitative estimate of drug-likeness (QED) is 0.547. The molecule has 2 aromatic rings. The zero-order chi connectivity index (χ0) is 10.4. The van der Waals surface area contributed by atoms with Gasteiger partial charge in [-0.3, -0.25) is 0 Å². The number of fused-ring (bicyclic) bond motifs is 3. The molecule has 0 spiro atoms. The summed E-state index contributed by atoms with van der Waals surface area (Å²) < 4.78 is 1.33. The average Bonchev–Trinajstić information content (AvgIpc) is 2.53. The second kappa shape index (κ2) is 3.34. The maximum absolute atomic E-state index is 2.38. The topological polar surface area (TPSA) is 0 Å². The Morgan fingerprint density at radius 3 is 2.40 bits per heavy atom. The van der Waals surface area contributed by atoms with Gasteiger partial charge < -0.3 is 0 Å². The molecule has 0 saturated heterocycles. The van der Waals surface area contributed by atoms with Gasteiger partial charge in [0.15, 0.2) is 0 Å². The third kappa shape index (κ3) is 1.49. The van der Waals surface area contributed by atoms with Crippen LogP contribution in [0.1, 0.15) is 16.7 Å². The van der Waals surface area contributed by atoms with E-state index < -0.39 is 0 Å². The van der Waals surface area contributed by atoms with Gasteiger partial charge in [0.1, 0.15) is 0 Å². The Balaban J connectivity index is 2.24. The molecule has 1 aliphatic carbocycles. The lowest BCUT2D eigenvalue weighted by molar-refractivity contribution is 1.24. The van der Waals surface area contributed by atoms with Gasteiger partial charge in [-0.2, -0.15) is 0 Å². The zero-order valence-corrected chi connectivity index (χ0v) is 10.7. The molecule has 0 radical (unpaired) electrons. The Morgan fingerprint density at radius 2 is 1.60 bits per heavy atom. The predicted octanol–water partition coefficient (Wildman–Crippen LogP) is 4.17. The van der Waals surface area contributed by atoms with E-state index in [-0.39, 0.29) is 0 Å². The summed E-state index contributed by atoms with van der Waals surface area (Å²) in [4.78, 5) is 0. The van der Waals surface area contributed by atoms with E-state index in [1.165, 1.54) is 31.4 Å². The van der Waals surface area contributed by atoms with Crippen molar-refractivity contribution in [2.24, 2.45) is 0 Å². The largest absolute Gasteiger partial charge is 0.0587 e. The Morgan fingerprint density at radius 1 is 0.933 bits per heavy atom. The molecule has 3 rings (SSSR count). The van der Waals surface area contributed by atoms with Crippen molar-refractivity contribution in [3.05, 3.63) is 56.7 Å². The van der Waals surface area contributed by atoms with Crippen molar-refractivity contribution in [1.82, 2.24) is 0 Å². The minimum atomic E-state index is 1.10. The molecule has 0 bridgehead atoms. The number of hydrogen-bond donors (Lipinski definition) is 0. The summed E-state index contributed by atoms with van der Waals surface area (Å²) in [6.45, 7) is 2.16. The predicted molar refractivity (Wildman–Crippen MR) is 72.1 cm³/mol. The lowest BCUT2D eigenvalue weighted by Gasteiger charge is -2.01. The smallest absolute Gasteiger partial charge is 0.0133 e. The highest BCUT2D eigenvalue weighted by atomic mass is 127. The van der Waals surface area contributed by atoms with Gasteiger partial charge in [-0.05, 0) is 70.3 Å². The number of hydrogen-bond acceptors (Lipinski definition) is 0. The van der Waals surface area contributed by atoms with Crippen LogP contribution in [0.3, 0.4) is 0 Å². The van der Waals surface area contributed by atoms with Crippen LogP contribution < -0.4 is 0 Å². The van der Waals surface area contributed by atoms with Crippen LogP contribution in [0.4, 0.5) is 0 Å². The van der Waals surface area contributed by atoms with Crippen molar-refractivity contribution in [1.29, 1.82) is 0 Å². The van der Waals surface area contributed by atoms with Crippen LogP contribution in [-0.4, -0.2) is 0 Å². The normalized spacial score (nSPS) is 12.4. The molecule has 1 heteroatoms. The number of rotatable bonds is 0. The lowest BCUT2D eigenvalue weighted by Crippen LogP contribution is -1.81. The van der Waals surface area contributed by atoms with Crippen LogP contribution in [0.2, 0.25) is 0 Å². The first-order valence-electron chi connectivity index (χ1n) is 5.12. The third-order valence-corrected chi connectivity index (χ3v) is 3.67. The van der Waals surface area contributed by atoms with Crippen molar-refractivity contribution in [2.75, 3.05) is 0 Å². The van der Waals surface area contributed by atoms with Crippen LogP contribution in [0.15, 0.2) is 36.4 Å². The van der Waals surface area contributed by atoms with Crippen molar-refractivity contribution in [2.45, 2.75) is 13.3 Å². The van der Waals surface area contributed by atoms with E-state index in [1.54, 1.807) is 0 Å². The molecule has 0 amide bonds. The SMILES string of the molecule is Cc1ccc2c(c1)Cc1cc(I)ccc1-2. The summed E-state index contributed by atoms with van der Waals surface area (Å²) in [6.07, 6.45) is 1.10. The average molecular weight is 306 g/mol. The summed E-state index contributed by atoms with van der Waals surface area (Å²) in [7, 11) is 0. The second-order valence-electron chi connectivity index (χ2n) is 4.14. The fourth-order valence-corrected chi connectivity index (χ4v) is 2.86. The van der Waals surface area contributed by atoms with Crippen LogP contribution in [-0.2, 0) is 6.42 Å². The Labute approximate surface area is 103 Å². The Bertz CT molecular complexity index is 492. The highest BCUT2D eigenvalue weighted by molar-refractivity contribution is 14.1. The molecule has 0 N–H and O–H groups in total. The van der Waals surface area contributed by atoms with Crippen molar-refractivity contribution in [3.63, 3.8) is 0 Å². The van der Waals surface area contributed by atoms with Crippen LogP contribution in [0, 0.1) is 10.5 Å². The molecule has 0 aliphatic heterocycles. The van der Waals surface area contributed by atoms with E-state index in [1.807, 2.05) is 0 Å². The maximum Gasteiger partial charge on any atom is 0.0133 e. The van der Waals surface area contributed by atoms with Gasteiger partial charge in [-0.1, -0.05) is 29.8 Å². The summed E-state index contributed by atoms with van der Waals surface area (Å²) in [5, 5.41) is 0. The molecule has 0 aromatic heterocycles. The molecule has 74 valence electrons. The molecule has 0 fully saturated rings. The van der Waals surface area contributed by atoms with Gasteiger partial charge in [0.05, 0.1) is 0 Å². The Hall–Kier alpha value is -0.830. The fraction of sp³-hybridized carbons (Fsp3) is 0.143. The third-order valence-electron chi connectivity index (χ3n) is 3.00. The number of halogens is 1. The first kappa shape index (κ1) is 9.40. The van der Waals surface area contributed by atoms with Gasteiger partial charge >= 0.3 is 0 Å². The van der Waals surface area contributed by atoms with E-state index in [0.29, 0.717) is 0 Å². The molecule has 15 heavy (non-hydrogen) atoms. The van der Waals surface area contributed by atoms with Gasteiger partial charge in [0.2, 0.25) is 0 Å². The van der Waals surface area contributed by atoms with E-state index in [2.05, 4.69) is 65.9 Å². The number of benzene rings is 2. The molecule has 0 nitrogen and oxygen atoms in total. The first-order valence-corrected chi connectivity index (χ1v) is 6.20. The van der Waals surface area contributed by atoms with Crippen LogP contribution in [0.25, 0.3) is 11.1 Å². The summed E-state index contributed by atoms with van der Waals surface area (Å²) >= 11 is 2.38. The first-order chi connectivity index (χ1) is 7.24. The van der Waals surface area contributed by atoms with E-state index in [0.717, 1.165) is 6.42 Å². The second-order valence-corrected chi connectivity index (χ2v) is 5.38. The van der Waals surface area contributed by atoms with Crippen LogP contribution >= 0.6 is 22.6 Å².